The number of rotatable bonds is 3. The summed E-state index contributed by atoms with van der Waals surface area (Å²) in [4.78, 5) is 17.2. The Morgan fingerprint density at radius 1 is 1.17 bits per heavy atom. The second kappa shape index (κ2) is 5.38. The second-order valence-electron chi connectivity index (χ2n) is 5.44. The molecule has 2 N–H and O–H groups in total. The molecule has 0 aliphatic rings. The Morgan fingerprint density at radius 2 is 1.96 bits per heavy atom. The van der Waals surface area contributed by atoms with E-state index in [1.54, 1.807) is 25.3 Å². The van der Waals surface area contributed by atoms with Gasteiger partial charge < -0.3 is 10.5 Å². The van der Waals surface area contributed by atoms with Crippen LogP contribution in [0.3, 0.4) is 0 Å². The number of hydrogen-bond donors (Lipinski definition) is 1. The molecule has 0 amide bonds. The van der Waals surface area contributed by atoms with Gasteiger partial charge in [-0.1, -0.05) is 30.3 Å². The molecule has 4 rings (SSSR count). The van der Waals surface area contributed by atoms with Gasteiger partial charge in [-0.15, -0.1) is 5.10 Å². The maximum absolute atomic E-state index is 12.8. The van der Waals surface area contributed by atoms with Gasteiger partial charge in [0, 0.05) is 6.07 Å². The van der Waals surface area contributed by atoms with Crippen molar-refractivity contribution in [1.82, 2.24) is 19.2 Å². The molecule has 4 aromatic rings. The number of benzene rings is 2. The second-order valence-corrected chi connectivity index (χ2v) is 5.44. The van der Waals surface area contributed by atoms with Crippen molar-refractivity contribution in [2.75, 3.05) is 12.8 Å². The maximum atomic E-state index is 12.8. The van der Waals surface area contributed by atoms with E-state index in [1.807, 2.05) is 30.3 Å². The Labute approximate surface area is 136 Å². The summed E-state index contributed by atoms with van der Waals surface area (Å²) in [6, 6.07) is 15.0. The highest BCUT2D eigenvalue weighted by atomic mass is 16.5. The van der Waals surface area contributed by atoms with Gasteiger partial charge in [0.1, 0.15) is 5.75 Å². The van der Waals surface area contributed by atoms with Crippen LogP contribution in [-0.2, 0) is 6.54 Å². The minimum atomic E-state index is -0.263. The van der Waals surface area contributed by atoms with Crippen LogP contribution in [0, 0.1) is 0 Å². The quantitative estimate of drug-likeness (QED) is 0.620. The molecule has 7 heteroatoms. The number of fused-ring (bicyclic) bond motifs is 3. The number of hydrogen-bond acceptors (Lipinski definition) is 5. The van der Waals surface area contributed by atoms with E-state index in [0.29, 0.717) is 29.0 Å². The first-order chi connectivity index (χ1) is 11.7. The third-order valence-electron chi connectivity index (χ3n) is 3.91. The van der Waals surface area contributed by atoms with Crippen molar-refractivity contribution in [3.63, 3.8) is 0 Å². The van der Waals surface area contributed by atoms with Crippen LogP contribution >= 0.6 is 0 Å². The lowest BCUT2D eigenvalue weighted by Gasteiger charge is -2.04. The molecule has 0 aliphatic carbocycles. The minimum absolute atomic E-state index is 0.219. The summed E-state index contributed by atoms with van der Waals surface area (Å²) in [7, 11) is 1.57. The topological polar surface area (TPSA) is 87.4 Å². The van der Waals surface area contributed by atoms with E-state index in [9.17, 15) is 4.79 Å². The molecule has 0 saturated heterocycles. The zero-order chi connectivity index (χ0) is 16.7. The molecular weight excluding hydrogens is 306 g/mol. The third kappa shape index (κ3) is 2.18. The van der Waals surface area contributed by atoms with Gasteiger partial charge >= 0.3 is 5.69 Å². The van der Waals surface area contributed by atoms with Crippen molar-refractivity contribution >= 4 is 22.5 Å². The van der Waals surface area contributed by atoms with Crippen molar-refractivity contribution < 1.29 is 4.74 Å². The highest BCUT2D eigenvalue weighted by Crippen LogP contribution is 2.21. The fourth-order valence-electron chi connectivity index (χ4n) is 2.73. The lowest BCUT2D eigenvalue weighted by molar-refractivity contribution is 0.415. The zero-order valence-corrected chi connectivity index (χ0v) is 13.0. The van der Waals surface area contributed by atoms with Gasteiger partial charge in [0.2, 0.25) is 5.65 Å². The van der Waals surface area contributed by atoms with Crippen LogP contribution in [-0.4, -0.2) is 26.3 Å². The number of anilines is 1. The van der Waals surface area contributed by atoms with Gasteiger partial charge in [0.25, 0.3) is 0 Å². The van der Waals surface area contributed by atoms with E-state index >= 15 is 0 Å². The molecule has 0 spiro atoms. The van der Waals surface area contributed by atoms with E-state index in [-0.39, 0.29) is 11.5 Å². The largest absolute Gasteiger partial charge is 0.497 e. The number of nitrogens with two attached hydrogens (primary N) is 1. The average Bonchev–Trinajstić information content (AvgIpc) is 2.93. The van der Waals surface area contributed by atoms with Gasteiger partial charge in [-0.05, 0) is 17.7 Å². The van der Waals surface area contributed by atoms with E-state index in [0.717, 1.165) is 5.56 Å². The molecular formula is C17H15N5O2. The Bertz CT molecular complexity index is 1100. The normalized spacial score (nSPS) is 11.2. The smallest absolute Gasteiger partial charge is 0.351 e. The number of aromatic nitrogens is 4. The zero-order valence-electron chi connectivity index (χ0n) is 13.0. The van der Waals surface area contributed by atoms with E-state index in [2.05, 4.69) is 10.1 Å². The minimum Gasteiger partial charge on any atom is -0.497 e. The standard InChI is InChI=1S/C17H15N5O2/c1-24-12-7-8-13-14(9-12)22-16(15(18)19-13)20-21(17(22)23)10-11-5-3-2-4-6-11/h2-9H,10H2,1H3,(H2,18,19). The number of methoxy groups -OCH3 is 1. The molecule has 0 saturated carbocycles. The molecule has 0 aliphatic heterocycles. The average molecular weight is 321 g/mol. The number of ether oxygens (including phenoxy) is 1. The van der Waals surface area contributed by atoms with Gasteiger partial charge in [0.15, 0.2) is 5.82 Å². The summed E-state index contributed by atoms with van der Waals surface area (Å²) in [5.74, 6) is 0.856. The first-order valence-electron chi connectivity index (χ1n) is 7.44. The lowest BCUT2D eigenvalue weighted by atomic mass is 10.2. The molecule has 2 aromatic carbocycles. The number of nitrogen functional groups attached to an aromatic ring is 1. The van der Waals surface area contributed by atoms with Crippen molar-refractivity contribution in [2.24, 2.45) is 0 Å². The van der Waals surface area contributed by atoms with E-state index in [1.165, 1.54) is 9.08 Å². The highest BCUT2D eigenvalue weighted by Gasteiger charge is 2.15. The maximum Gasteiger partial charge on any atom is 0.351 e. The van der Waals surface area contributed by atoms with E-state index < -0.39 is 0 Å². The summed E-state index contributed by atoms with van der Waals surface area (Å²) >= 11 is 0. The molecule has 0 atom stereocenters. The van der Waals surface area contributed by atoms with Crippen LogP contribution in [0.15, 0.2) is 53.3 Å². The predicted molar refractivity (Wildman–Crippen MR) is 91.3 cm³/mol. The monoisotopic (exact) mass is 321 g/mol. The first kappa shape index (κ1) is 14.3. The molecule has 2 aromatic heterocycles. The van der Waals surface area contributed by atoms with Gasteiger partial charge in [-0.2, -0.15) is 0 Å². The summed E-state index contributed by atoms with van der Waals surface area (Å²) in [6.07, 6.45) is 0. The van der Waals surface area contributed by atoms with Crippen LogP contribution < -0.4 is 16.2 Å². The van der Waals surface area contributed by atoms with Crippen molar-refractivity contribution in [3.05, 3.63) is 64.6 Å². The predicted octanol–water partition coefficient (Wildman–Crippen LogP) is 1.68. The molecule has 7 nitrogen and oxygen atoms in total. The Hall–Kier alpha value is -3.35. The van der Waals surface area contributed by atoms with Crippen molar-refractivity contribution in [1.29, 1.82) is 0 Å². The van der Waals surface area contributed by atoms with Crippen LogP contribution in [0.25, 0.3) is 16.7 Å². The third-order valence-corrected chi connectivity index (χ3v) is 3.91. The summed E-state index contributed by atoms with van der Waals surface area (Å²) < 4.78 is 8.11. The molecule has 0 fully saturated rings. The van der Waals surface area contributed by atoms with Crippen LogP contribution in [0.1, 0.15) is 5.56 Å². The lowest BCUT2D eigenvalue weighted by Crippen LogP contribution is -2.22. The molecule has 24 heavy (non-hydrogen) atoms. The van der Waals surface area contributed by atoms with E-state index in [4.69, 9.17) is 10.5 Å². The van der Waals surface area contributed by atoms with Crippen LogP contribution in [0.5, 0.6) is 5.75 Å². The Balaban J connectivity index is 1.98. The Kier molecular flexibility index (Phi) is 3.19. The molecule has 120 valence electrons. The van der Waals surface area contributed by atoms with Gasteiger partial charge in [-0.25, -0.2) is 18.9 Å². The molecule has 0 bridgehead atoms. The first-order valence-corrected chi connectivity index (χ1v) is 7.44. The highest BCUT2D eigenvalue weighted by molar-refractivity contribution is 5.82. The molecule has 0 unspecified atom stereocenters. The van der Waals surface area contributed by atoms with Gasteiger partial charge in [0.05, 0.1) is 24.7 Å². The molecule has 0 radical (unpaired) electrons. The molecule has 2 heterocycles. The van der Waals surface area contributed by atoms with Crippen LogP contribution in [0.4, 0.5) is 5.82 Å². The fraction of sp³-hybridized carbons (Fsp3) is 0.118. The van der Waals surface area contributed by atoms with Gasteiger partial charge in [-0.3, -0.25) is 0 Å². The fourth-order valence-corrected chi connectivity index (χ4v) is 2.73. The summed E-state index contributed by atoms with van der Waals surface area (Å²) in [6.45, 7) is 0.367. The number of nitrogens with zero attached hydrogens (tertiary/aromatic N) is 4. The Morgan fingerprint density at radius 3 is 2.71 bits per heavy atom. The van der Waals surface area contributed by atoms with Crippen LogP contribution in [0.2, 0.25) is 0 Å². The SMILES string of the molecule is COc1ccc2nc(N)c3nn(Cc4ccccc4)c(=O)n3c2c1. The summed E-state index contributed by atoms with van der Waals surface area (Å²) in [5, 5.41) is 4.35. The summed E-state index contributed by atoms with van der Waals surface area (Å²) in [5.41, 5.74) is 8.28. The van der Waals surface area contributed by atoms with Crippen molar-refractivity contribution in [3.8, 4) is 5.75 Å². The van der Waals surface area contributed by atoms with Crippen molar-refractivity contribution in [2.45, 2.75) is 6.54 Å².